The van der Waals surface area contributed by atoms with E-state index in [2.05, 4.69) is 209 Å². The summed E-state index contributed by atoms with van der Waals surface area (Å²) < 4.78 is 0. The van der Waals surface area contributed by atoms with Crippen molar-refractivity contribution in [1.29, 1.82) is 0 Å². The SMILES string of the molecule is CN1CN(c2cccc(N3c4ccccc4N(C)c4ccc(C5(c6ccccn6)C6=C[C@H](C(C)(C)C)CC=C6c6ccc(C(C)(C)C)cc65)cc43)c2)c2ccccc21. The molecule has 5 heteroatoms. The minimum absolute atomic E-state index is 0.0237. The van der Waals surface area contributed by atoms with Crippen molar-refractivity contribution >= 4 is 51.1 Å². The molecule has 5 nitrogen and oxygen atoms in total. The van der Waals surface area contributed by atoms with Crippen molar-refractivity contribution in [2.45, 2.75) is 58.8 Å². The van der Waals surface area contributed by atoms with Gasteiger partial charge in [-0.25, -0.2) is 0 Å². The van der Waals surface area contributed by atoms with Crippen molar-refractivity contribution in [1.82, 2.24) is 4.98 Å². The minimum Gasteiger partial charge on any atom is -0.355 e. The van der Waals surface area contributed by atoms with Crippen LogP contribution in [0.1, 0.15) is 75.9 Å². The van der Waals surface area contributed by atoms with E-state index in [-0.39, 0.29) is 10.8 Å². The van der Waals surface area contributed by atoms with Crippen LogP contribution in [0.2, 0.25) is 0 Å². The highest BCUT2D eigenvalue weighted by Crippen LogP contribution is 2.61. The number of benzene rings is 5. The standard InChI is InChI=1S/C53H53N5/c1-51(2,3)35-23-26-40-41-27-24-36(52(4,5)6)31-43(41)53(42(40)30-35,50-22-13-14-29-54-50)37-25-28-46-49(32-37)58(48-21-12-10-19-45(48)56(46)8)39-17-15-16-38(33-39)57-34-55(7)44-18-9-11-20-47(44)57/h9-23,25-33,36H,24,34H2,1-8H3/t36-,53?/m1/s1. The fourth-order valence-corrected chi connectivity index (χ4v) is 10.0. The lowest BCUT2D eigenvalue weighted by atomic mass is 9.65. The highest BCUT2D eigenvalue weighted by molar-refractivity contribution is 6.00. The zero-order valence-electron chi connectivity index (χ0n) is 35.1. The molecule has 58 heavy (non-hydrogen) atoms. The van der Waals surface area contributed by atoms with Crippen LogP contribution >= 0.6 is 0 Å². The molecule has 1 aromatic heterocycles. The van der Waals surface area contributed by atoms with E-state index >= 15 is 0 Å². The molecule has 2 atom stereocenters. The third kappa shape index (κ3) is 5.39. The Kier molecular flexibility index (Phi) is 8.12. The van der Waals surface area contributed by atoms with E-state index in [0.717, 1.165) is 41.5 Å². The maximum Gasteiger partial charge on any atom is 0.0950 e. The second-order valence-electron chi connectivity index (χ2n) is 18.7. The van der Waals surface area contributed by atoms with Gasteiger partial charge >= 0.3 is 0 Å². The Labute approximate surface area is 344 Å². The largest absolute Gasteiger partial charge is 0.355 e. The first kappa shape index (κ1) is 36.3. The lowest BCUT2D eigenvalue weighted by Gasteiger charge is -2.41. The Bertz CT molecular complexity index is 2660. The summed E-state index contributed by atoms with van der Waals surface area (Å²) in [6, 6.07) is 47.5. The molecule has 4 aliphatic rings. The Hall–Kier alpha value is -6.07. The molecule has 3 heterocycles. The molecule has 0 spiro atoms. The van der Waals surface area contributed by atoms with Crippen LogP contribution in [0.5, 0.6) is 0 Å². The normalized spacial score (nSPS) is 19.6. The number of hydrogen-bond donors (Lipinski definition) is 0. The van der Waals surface area contributed by atoms with Gasteiger partial charge in [0, 0.05) is 31.7 Å². The van der Waals surface area contributed by atoms with E-state index < -0.39 is 5.41 Å². The number of rotatable bonds is 4. The van der Waals surface area contributed by atoms with Gasteiger partial charge in [0.2, 0.25) is 0 Å². The smallest absolute Gasteiger partial charge is 0.0950 e. The topological polar surface area (TPSA) is 25.9 Å². The van der Waals surface area contributed by atoms with Crippen LogP contribution in [-0.4, -0.2) is 25.7 Å². The monoisotopic (exact) mass is 759 g/mol. The maximum absolute atomic E-state index is 5.30. The Morgan fingerprint density at radius 2 is 1.34 bits per heavy atom. The summed E-state index contributed by atoms with van der Waals surface area (Å²) in [5.74, 6) is 0.385. The molecule has 6 aromatic rings. The summed E-state index contributed by atoms with van der Waals surface area (Å²) in [4.78, 5) is 14.9. The van der Waals surface area contributed by atoms with Gasteiger partial charge in [-0.3, -0.25) is 4.98 Å². The predicted molar refractivity (Wildman–Crippen MR) is 244 cm³/mol. The summed E-state index contributed by atoms with van der Waals surface area (Å²) in [6.07, 6.45) is 8.15. The van der Waals surface area contributed by atoms with Crippen LogP contribution in [0.15, 0.2) is 151 Å². The lowest BCUT2D eigenvalue weighted by Crippen LogP contribution is -2.33. The highest BCUT2D eigenvalue weighted by Gasteiger charge is 2.51. The summed E-state index contributed by atoms with van der Waals surface area (Å²) in [6.45, 7) is 14.9. The van der Waals surface area contributed by atoms with E-state index in [0.29, 0.717) is 5.92 Å². The molecule has 2 aliphatic carbocycles. The molecule has 290 valence electrons. The number of anilines is 8. The third-order valence-corrected chi connectivity index (χ3v) is 13.2. The third-order valence-electron chi connectivity index (χ3n) is 13.2. The molecule has 0 fully saturated rings. The number of para-hydroxylation sites is 4. The maximum atomic E-state index is 5.30. The fraction of sp³-hybridized carbons (Fsp3) is 0.264. The molecule has 10 rings (SSSR count). The number of hydrogen-bond acceptors (Lipinski definition) is 5. The molecule has 0 saturated heterocycles. The summed E-state index contributed by atoms with van der Waals surface area (Å²) in [5, 5.41) is 0. The zero-order chi connectivity index (χ0) is 40.1. The number of nitrogens with zero attached hydrogens (tertiary/aromatic N) is 5. The van der Waals surface area contributed by atoms with Gasteiger partial charge in [-0.15, -0.1) is 0 Å². The predicted octanol–water partition coefficient (Wildman–Crippen LogP) is 13.2. The molecule has 0 N–H and O–H groups in total. The quantitative estimate of drug-likeness (QED) is 0.178. The van der Waals surface area contributed by atoms with Crippen molar-refractivity contribution < 1.29 is 0 Å². The van der Waals surface area contributed by atoms with Crippen molar-refractivity contribution in [3.8, 4) is 0 Å². The molecule has 1 unspecified atom stereocenters. The Morgan fingerprint density at radius 3 is 2.09 bits per heavy atom. The van der Waals surface area contributed by atoms with E-state index in [1.54, 1.807) is 0 Å². The van der Waals surface area contributed by atoms with Crippen LogP contribution in [-0.2, 0) is 10.8 Å². The highest BCUT2D eigenvalue weighted by atomic mass is 15.4. The molecule has 0 bridgehead atoms. The first-order valence-corrected chi connectivity index (χ1v) is 20.8. The molecule has 5 aromatic carbocycles. The summed E-state index contributed by atoms with van der Waals surface area (Å²) in [7, 11) is 4.38. The molecule has 0 amide bonds. The molecular formula is C53H53N5. The van der Waals surface area contributed by atoms with Gasteiger partial charge in [0.1, 0.15) is 0 Å². The van der Waals surface area contributed by atoms with E-state index in [1.807, 2.05) is 12.3 Å². The molecule has 2 aliphatic heterocycles. The number of fused-ring (bicyclic) bond motifs is 6. The van der Waals surface area contributed by atoms with Crippen LogP contribution < -0.4 is 19.6 Å². The number of pyridine rings is 1. The van der Waals surface area contributed by atoms with E-state index in [9.17, 15) is 0 Å². The van der Waals surface area contributed by atoms with Crippen LogP contribution in [0.4, 0.5) is 45.5 Å². The van der Waals surface area contributed by atoms with Gasteiger partial charge in [-0.2, -0.15) is 0 Å². The average Bonchev–Trinajstić information content (AvgIpc) is 3.72. The molecular weight excluding hydrogens is 707 g/mol. The second-order valence-corrected chi connectivity index (χ2v) is 18.7. The van der Waals surface area contributed by atoms with Crippen molar-refractivity contribution in [3.63, 3.8) is 0 Å². The average molecular weight is 760 g/mol. The molecule has 0 radical (unpaired) electrons. The van der Waals surface area contributed by atoms with Gasteiger partial charge in [-0.05, 0) is 123 Å². The molecule has 0 saturated carbocycles. The van der Waals surface area contributed by atoms with Crippen LogP contribution in [0.3, 0.4) is 0 Å². The summed E-state index contributed by atoms with van der Waals surface area (Å²) >= 11 is 0. The minimum atomic E-state index is -0.629. The van der Waals surface area contributed by atoms with Crippen molar-refractivity contribution in [3.05, 3.63) is 179 Å². The second kappa shape index (κ2) is 13.0. The first-order valence-electron chi connectivity index (χ1n) is 20.8. The number of allylic oxidation sites excluding steroid dienone is 4. The Morgan fingerprint density at radius 1 is 0.638 bits per heavy atom. The van der Waals surface area contributed by atoms with Gasteiger partial charge in [-0.1, -0.05) is 114 Å². The van der Waals surface area contributed by atoms with Crippen molar-refractivity contribution in [2.24, 2.45) is 11.3 Å². The zero-order valence-corrected chi connectivity index (χ0v) is 35.1. The number of aromatic nitrogens is 1. The van der Waals surface area contributed by atoms with Crippen LogP contribution in [0, 0.1) is 11.3 Å². The van der Waals surface area contributed by atoms with Gasteiger partial charge < -0.3 is 19.6 Å². The van der Waals surface area contributed by atoms with Gasteiger partial charge in [0.05, 0.1) is 51.9 Å². The first-order chi connectivity index (χ1) is 27.9. The van der Waals surface area contributed by atoms with Crippen molar-refractivity contribution in [2.75, 3.05) is 40.4 Å². The summed E-state index contributed by atoms with van der Waals surface area (Å²) in [5.41, 5.74) is 17.8. The fourth-order valence-electron chi connectivity index (χ4n) is 10.0. The van der Waals surface area contributed by atoms with E-state index in [1.165, 1.54) is 56.1 Å². The van der Waals surface area contributed by atoms with Gasteiger partial charge in [0.15, 0.2) is 0 Å². The lowest BCUT2D eigenvalue weighted by molar-refractivity contribution is 0.292. The van der Waals surface area contributed by atoms with Gasteiger partial charge in [0.25, 0.3) is 0 Å². The van der Waals surface area contributed by atoms with E-state index in [4.69, 9.17) is 4.98 Å². The Balaban J connectivity index is 1.24. The van der Waals surface area contributed by atoms with Crippen LogP contribution in [0.25, 0.3) is 5.57 Å².